The zero-order valence-electron chi connectivity index (χ0n) is 13.9. The molecule has 0 bridgehead atoms. The molecular formula is C18H22N2O4. The predicted octanol–water partition coefficient (Wildman–Crippen LogP) is 2.36. The van der Waals surface area contributed by atoms with Crippen LogP contribution in [0.25, 0.3) is 10.9 Å². The van der Waals surface area contributed by atoms with E-state index in [4.69, 9.17) is 4.74 Å². The molecule has 1 heterocycles. The highest BCUT2D eigenvalue weighted by molar-refractivity contribution is 5.91. The summed E-state index contributed by atoms with van der Waals surface area (Å²) in [5, 5.41) is 13.5. The number of methoxy groups -OCH3 is 1. The third-order valence-corrected chi connectivity index (χ3v) is 3.92. The van der Waals surface area contributed by atoms with Gasteiger partial charge in [-0.05, 0) is 18.6 Å². The van der Waals surface area contributed by atoms with Crippen LogP contribution in [0.1, 0.15) is 19.8 Å². The third-order valence-electron chi connectivity index (χ3n) is 3.92. The third kappa shape index (κ3) is 3.27. The van der Waals surface area contributed by atoms with E-state index >= 15 is 0 Å². The van der Waals surface area contributed by atoms with Crippen LogP contribution in [0, 0.1) is 0 Å². The molecule has 0 aliphatic heterocycles. The topological polar surface area (TPSA) is 80.6 Å². The number of nitrogens with one attached hydrogen (secondary N) is 1. The zero-order valence-corrected chi connectivity index (χ0v) is 13.9. The van der Waals surface area contributed by atoms with E-state index in [1.165, 1.54) is 19.4 Å². The normalized spacial score (nSPS) is 13.2. The number of hydrogen-bond donors (Lipinski definition) is 2. The Hall–Kier alpha value is -2.76. The minimum absolute atomic E-state index is 0.0691. The van der Waals surface area contributed by atoms with E-state index in [9.17, 15) is 14.7 Å². The minimum atomic E-state index is -1.41. The smallest absolute Gasteiger partial charge is 0.337 e. The number of nitrogens with zero attached hydrogens (tertiary/aromatic N) is 1. The van der Waals surface area contributed by atoms with Crippen molar-refractivity contribution in [2.75, 3.05) is 7.11 Å². The van der Waals surface area contributed by atoms with Crippen LogP contribution in [0.15, 0.2) is 43.1 Å². The van der Waals surface area contributed by atoms with Crippen LogP contribution in [-0.2, 0) is 20.9 Å². The van der Waals surface area contributed by atoms with Crippen LogP contribution in [0.2, 0.25) is 0 Å². The molecule has 6 heteroatoms. The number of carbonyl (C=O) groups is 2. The number of rotatable bonds is 7. The SMILES string of the molecule is C=CC(Cn1cc(O)c2ccccc21)(NC(=O)CCC)C(=O)OC. The lowest BCUT2D eigenvalue weighted by molar-refractivity contribution is -0.149. The van der Waals surface area contributed by atoms with Gasteiger partial charge in [-0.2, -0.15) is 0 Å². The Labute approximate surface area is 140 Å². The number of hydrogen-bond acceptors (Lipinski definition) is 4. The molecule has 0 aliphatic rings. The van der Waals surface area contributed by atoms with Crippen molar-refractivity contribution in [3.05, 3.63) is 43.1 Å². The first kappa shape index (κ1) is 17.6. The fourth-order valence-electron chi connectivity index (χ4n) is 2.70. The van der Waals surface area contributed by atoms with Gasteiger partial charge in [-0.1, -0.05) is 25.1 Å². The Morgan fingerprint density at radius 1 is 1.42 bits per heavy atom. The fraction of sp³-hybridized carbons (Fsp3) is 0.333. The van der Waals surface area contributed by atoms with E-state index in [2.05, 4.69) is 11.9 Å². The molecule has 1 amide bonds. The molecule has 1 unspecified atom stereocenters. The summed E-state index contributed by atoms with van der Waals surface area (Å²) in [4.78, 5) is 24.4. The molecule has 128 valence electrons. The average Bonchev–Trinajstić information content (AvgIpc) is 2.90. The average molecular weight is 330 g/mol. The number of amides is 1. The second-order valence-corrected chi connectivity index (χ2v) is 5.62. The molecule has 2 aromatic rings. The molecule has 2 N–H and O–H groups in total. The van der Waals surface area contributed by atoms with Gasteiger partial charge in [0.25, 0.3) is 0 Å². The van der Waals surface area contributed by atoms with Crippen molar-refractivity contribution in [3.8, 4) is 5.75 Å². The highest BCUT2D eigenvalue weighted by atomic mass is 16.5. The molecule has 1 atom stereocenters. The molecule has 2 rings (SSSR count). The van der Waals surface area contributed by atoms with Crippen molar-refractivity contribution in [1.82, 2.24) is 9.88 Å². The first-order valence-corrected chi connectivity index (χ1v) is 7.77. The van der Waals surface area contributed by atoms with Crippen molar-refractivity contribution in [2.45, 2.75) is 31.8 Å². The van der Waals surface area contributed by atoms with E-state index < -0.39 is 11.5 Å². The number of aromatic nitrogens is 1. The summed E-state index contributed by atoms with van der Waals surface area (Å²) >= 11 is 0. The van der Waals surface area contributed by atoms with E-state index in [0.717, 1.165) is 5.52 Å². The summed E-state index contributed by atoms with van der Waals surface area (Å²) in [5.74, 6) is -0.768. The Balaban J connectivity index is 2.45. The molecular weight excluding hydrogens is 308 g/mol. The van der Waals surface area contributed by atoms with Crippen LogP contribution in [0.4, 0.5) is 0 Å². The highest BCUT2D eigenvalue weighted by Crippen LogP contribution is 2.28. The lowest BCUT2D eigenvalue weighted by Gasteiger charge is -2.29. The molecule has 1 aromatic heterocycles. The second kappa shape index (κ2) is 7.21. The number of ether oxygens (including phenoxy) is 1. The van der Waals surface area contributed by atoms with Crippen LogP contribution in [0.5, 0.6) is 5.75 Å². The summed E-state index contributed by atoms with van der Waals surface area (Å²) in [6.07, 6.45) is 3.85. The van der Waals surface area contributed by atoms with Crippen molar-refractivity contribution in [1.29, 1.82) is 0 Å². The van der Waals surface area contributed by atoms with Crippen LogP contribution in [-0.4, -0.2) is 34.2 Å². The molecule has 6 nitrogen and oxygen atoms in total. The van der Waals surface area contributed by atoms with E-state index in [1.54, 1.807) is 10.6 Å². The maximum atomic E-state index is 12.4. The van der Waals surface area contributed by atoms with Gasteiger partial charge in [0, 0.05) is 18.0 Å². The van der Waals surface area contributed by atoms with Gasteiger partial charge in [0.05, 0.1) is 19.2 Å². The molecule has 0 aliphatic carbocycles. The predicted molar refractivity (Wildman–Crippen MR) is 91.6 cm³/mol. The summed E-state index contributed by atoms with van der Waals surface area (Å²) in [6.45, 7) is 5.66. The molecule has 0 spiro atoms. The van der Waals surface area contributed by atoms with Crippen LogP contribution < -0.4 is 5.32 Å². The number of fused-ring (bicyclic) bond motifs is 1. The van der Waals surface area contributed by atoms with Crippen LogP contribution in [0.3, 0.4) is 0 Å². The molecule has 0 saturated carbocycles. The van der Waals surface area contributed by atoms with Crippen LogP contribution >= 0.6 is 0 Å². The Bertz CT molecular complexity index is 765. The maximum absolute atomic E-state index is 12.4. The summed E-state index contributed by atoms with van der Waals surface area (Å²) in [7, 11) is 1.26. The van der Waals surface area contributed by atoms with Gasteiger partial charge in [-0.3, -0.25) is 4.79 Å². The van der Waals surface area contributed by atoms with Gasteiger partial charge >= 0.3 is 5.97 Å². The zero-order chi connectivity index (χ0) is 17.7. The summed E-state index contributed by atoms with van der Waals surface area (Å²) < 4.78 is 6.58. The number of carbonyl (C=O) groups excluding carboxylic acids is 2. The number of benzene rings is 1. The monoisotopic (exact) mass is 330 g/mol. The minimum Gasteiger partial charge on any atom is -0.506 e. The van der Waals surface area contributed by atoms with Gasteiger partial charge in [-0.25, -0.2) is 4.79 Å². The van der Waals surface area contributed by atoms with Crippen molar-refractivity contribution in [3.63, 3.8) is 0 Å². The standard InChI is InChI=1S/C18H22N2O4/c1-4-8-16(22)19-18(5-2,17(23)24-3)12-20-11-15(21)13-9-6-7-10-14(13)20/h5-7,9-11,21H,2,4,8,12H2,1,3H3,(H,19,22). The van der Waals surface area contributed by atoms with Gasteiger partial charge < -0.3 is 19.7 Å². The molecule has 0 fully saturated rings. The van der Waals surface area contributed by atoms with E-state index in [-0.39, 0.29) is 18.2 Å². The van der Waals surface area contributed by atoms with Crippen molar-refractivity contribution < 1.29 is 19.4 Å². The van der Waals surface area contributed by atoms with Gasteiger partial charge in [0.2, 0.25) is 5.91 Å². The quantitative estimate of drug-likeness (QED) is 0.603. The highest BCUT2D eigenvalue weighted by Gasteiger charge is 2.39. The lowest BCUT2D eigenvalue weighted by Crippen LogP contribution is -2.56. The van der Waals surface area contributed by atoms with Gasteiger partial charge in [0.1, 0.15) is 5.75 Å². The lowest BCUT2D eigenvalue weighted by atomic mass is 9.99. The van der Waals surface area contributed by atoms with E-state index in [0.29, 0.717) is 18.2 Å². The maximum Gasteiger partial charge on any atom is 0.337 e. The fourth-order valence-corrected chi connectivity index (χ4v) is 2.70. The summed E-state index contributed by atoms with van der Waals surface area (Å²) in [6, 6.07) is 7.26. The molecule has 1 aromatic carbocycles. The Morgan fingerprint density at radius 2 is 2.12 bits per heavy atom. The first-order valence-electron chi connectivity index (χ1n) is 7.77. The summed E-state index contributed by atoms with van der Waals surface area (Å²) in [5.41, 5.74) is -0.662. The Kier molecular flexibility index (Phi) is 5.28. The second-order valence-electron chi connectivity index (χ2n) is 5.62. The first-order chi connectivity index (χ1) is 11.5. The van der Waals surface area contributed by atoms with Gasteiger partial charge in [-0.15, -0.1) is 6.58 Å². The Morgan fingerprint density at radius 3 is 2.75 bits per heavy atom. The van der Waals surface area contributed by atoms with Gasteiger partial charge in [0.15, 0.2) is 5.54 Å². The molecule has 0 radical (unpaired) electrons. The van der Waals surface area contributed by atoms with Crippen molar-refractivity contribution >= 4 is 22.8 Å². The largest absolute Gasteiger partial charge is 0.506 e. The molecule has 0 saturated heterocycles. The number of aromatic hydroxyl groups is 1. The number of para-hydroxylation sites is 1. The van der Waals surface area contributed by atoms with Crippen molar-refractivity contribution in [2.24, 2.45) is 0 Å². The van der Waals surface area contributed by atoms with E-state index in [1.807, 2.05) is 25.1 Å². The number of esters is 1. The molecule has 24 heavy (non-hydrogen) atoms.